The zero-order chi connectivity index (χ0) is 10.1. The highest BCUT2D eigenvalue weighted by Crippen LogP contribution is 2.39. The second kappa shape index (κ2) is 3.77. The van der Waals surface area contributed by atoms with Crippen LogP contribution in [0.1, 0.15) is 30.1 Å². The summed E-state index contributed by atoms with van der Waals surface area (Å²) in [5.41, 5.74) is 1.16. The summed E-state index contributed by atoms with van der Waals surface area (Å²) in [6, 6.07) is 0. The largest absolute Gasteiger partial charge is 0.373 e. The van der Waals surface area contributed by atoms with E-state index >= 15 is 0 Å². The molecule has 0 radical (unpaired) electrons. The number of rotatable bonds is 3. The number of thioether (sulfide) groups is 1. The highest BCUT2D eigenvalue weighted by molar-refractivity contribution is 7.98. The van der Waals surface area contributed by atoms with Gasteiger partial charge in [-0.3, -0.25) is 0 Å². The maximum Gasteiger partial charge on any atom is 0.135 e. The third-order valence-electron chi connectivity index (χ3n) is 2.49. The lowest BCUT2D eigenvalue weighted by Crippen LogP contribution is -2.03. The number of nitrogens with zero attached hydrogens (tertiary/aromatic N) is 2. The number of aromatic nitrogens is 2. The fourth-order valence-corrected chi connectivity index (χ4v) is 2.07. The van der Waals surface area contributed by atoms with E-state index in [1.165, 1.54) is 12.8 Å². The Morgan fingerprint density at radius 1 is 1.36 bits per heavy atom. The SMILES string of the molecule is CNc1nc(C2CC2)nc(SC)c1C. The van der Waals surface area contributed by atoms with E-state index in [2.05, 4.69) is 28.5 Å². The van der Waals surface area contributed by atoms with Crippen LogP contribution in [0.5, 0.6) is 0 Å². The van der Waals surface area contributed by atoms with Crippen molar-refractivity contribution in [3.63, 3.8) is 0 Å². The molecular weight excluding hydrogens is 194 g/mol. The summed E-state index contributed by atoms with van der Waals surface area (Å²) in [5, 5.41) is 4.23. The van der Waals surface area contributed by atoms with Crippen LogP contribution in [0.15, 0.2) is 5.03 Å². The Morgan fingerprint density at radius 3 is 2.57 bits per heavy atom. The Labute approximate surface area is 88.7 Å². The van der Waals surface area contributed by atoms with Crippen molar-refractivity contribution in [1.82, 2.24) is 9.97 Å². The van der Waals surface area contributed by atoms with Crippen LogP contribution in [0.3, 0.4) is 0 Å². The lowest BCUT2D eigenvalue weighted by atomic mass is 10.3. The van der Waals surface area contributed by atoms with E-state index in [-0.39, 0.29) is 0 Å². The molecule has 0 spiro atoms. The molecule has 1 fully saturated rings. The Bertz CT molecular complexity index is 322. The van der Waals surface area contributed by atoms with Gasteiger partial charge in [-0.15, -0.1) is 11.8 Å². The summed E-state index contributed by atoms with van der Waals surface area (Å²) >= 11 is 1.69. The maximum absolute atomic E-state index is 4.57. The van der Waals surface area contributed by atoms with E-state index in [4.69, 9.17) is 0 Å². The second-order valence-corrected chi connectivity index (χ2v) is 4.38. The molecule has 14 heavy (non-hydrogen) atoms. The second-order valence-electron chi connectivity index (χ2n) is 3.59. The molecule has 1 heterocycles. The summed E-state index contributed by atoms with van der Waals surface area (Å²) in [6.45, 7) is 2.06. The van der Waals surface area contributed by atoms with Crippen molar-refractivity contribution < 1.29 is 0 Å². The van der Waals surface area contributed by atoms with Crippen molar-refractivity contribution >= 4 is 17.6 Å². The van der Waals surface area contributed by atoms with Crippen LogP contribution in [0.4, 0.5) is 5.82 Å². The van der Waals surface area contributed by atoms with Gasteiger partial charge in [-0.2, -0.15) is 0 Å². The first kappa shape index (κ1) is 9.77. The van der Waals surface area contributed by atoms with E-state index in [0.717, 1.165) is 22.2 Å². The monoisotopic (exact) mass is 209 g/mol. The van der Waals surface area contributed by atoms with Gasteiger partial charge in [0.05, 0.1) is 0 Å². The molecule has 0 aromatic carbocycles. The number of anilines is 1. The highest BCUT2D eigenvalue weighted by atomic mass is 32.2. The maximum atomic E-state index is 4.57. The van der Waals surface area contributed by atoms with Gasteiger partial charge in [0.15, 0.2) is 0 Å². The van der Waals surface area contributed by atoms with Gasteiger partial charge in [0.2, 0.25) is 0 Å². The summed E-state index contributed by atoms with van der Waals surface area (Å²) in [4.78, 5) is 9.10. The lowest BCUT2D eigenvalue weighted by molar-refractivity contribution is 0.866. The van der Waals surface area contributed by atoms with Crippen molar-refractivity contribution in [1.29, 1.82) is 0 Å². The number of hydrogen-bond acceptors (Lipinski definition) is 4. The van der Waals surface area contributed by atoms with Gasteiger partial charge in [0, 0.05) is 18.5 Å². The predicted octanol–water partition coefficient (Wildman–Crippen LogP) is 2.43. The predicted molar refractivity (Wildman–Crippen MR) is 60.1 cm³/mol. The van der Waals surface area contributed by atoms with Crippen molar-refractivity contribution in [2.75, 3.05) is 18.6 Å². The number of hydrogen-bond donors (Lipinski definition) is 1. The van der Waals surface area contributed by atoms with Crippen LogP contribution in [0.2, 0.25) is 0 Å². The van der Waals surface area contributed by atoms with Gasteiger partial charge < -0.3 is 5.32 Å². The molecule has 2 rings (SSSR count). The molecule has 0 bridgehead atoms. The van der Waals surface area contributed by atoms with Crippen molar-refractivity contribution in [2.24, 2.45) is 0 Å². The minimum atomic E-state index is 0.619. The zero-order valence-corrected chi connectivity index (χ0v) is 9.61. The van der Waals surface area contributed by atoms with E-state index in [0.29, 0.717) is 5.92 Å². The molecule has 3 nitrogen and oxygen atoms in total. The van der Waals surface area contributed by atoms with Crippen LogP contribution >= 0.6 is 11.8 Å². The van der Waals surface area contributed by atoms with Crippen molar-refractivity contribution in [3.05, 3.63) is 11.4 Å². The van der Waals surface area contributed by atoms with Gasteiger partial charge in [0.1, 0.15) is 16.7 Å². The first-order valence-electron chi connectivity index (χ1n) is 4.86. The van der Waals surface area contributed by atoms with E-state index in [9.17, 15) is 0 Å². The van der Waals surface area contributed by atoms with Gasteiger partial charge in [0.25, 0.3) is 0 Å². The Balaban J connectivity index is 2.43. The average Bonchev–Trinajstić information content (AvgIpc) is 3.02. The molecule has 0 amide bonds. The first-order chi connectivity index (χ1) is 6.76. The summed E-state index contributed by atoms with van der Waals surface area (Å²) in [6.07, 6.45) is 4.56. The fraction of sp³-hybridized carbons (Fsp3) is 0.600. The van der Waals surface area contributed by atoms with Gasteiger partial charge in [-0.25, -0.2) is 9.97 Å². The third-order valence-corrected chi connectivity index (χ3v) is 3.28. The molecule has 0 atom stereocenters. The first-order valence-corrected chi connectivity index (χ1v) is 6.09. The minimum Gasteiger partial charge on any atom is -0.373 e. The third kappa shape index (κ3) is 1.71. The smallest absolute Gasteiger partial charge is 0.135 e. The summed E-state index contributed by atoms with van der Waals surface area (Å²) in [7, 11) is 1.91. The Morgan fingerprint density at radius 2 is 2.07 bits per heavy atom. The van der Waals surface area contributed by atoms with Gasteiger partial charge in [-0.05, 0) is 26.0 Å². The molecule has 1 N–H and O–H groups in total. The Hall–Kier alpha value is -0.770. The van der Waals surface area contributed by atoms with Crippen LogP contribution < -0.4 is 5.32 Å². The number of nitrogens with one attached hydrogen (secondary N) is 1. The van der Waals surface area contributed by atoms with E-state index in [1.807, 2.05) is 7.05 Å². The standard InChI is InChI=1S/C10H15N3S/c1-6-8(11-2)12-9(7-4-5-7)13-10(6)14-3/h7H,4-5H2,1-3H3,(H,11,12,13). The zero-order valence-electron chi connectivity index (χ0n) is 8.79. The topological polar surface area (TPSA) is 37.8 Å². The van der Waals surface area contributed by atoms with Crippen LogP contribution in [0, 0.1) is 6.92 Å². The van der Waals surface area contributed by atoms with E-state index in [1.54, 1.807) is 11.8 Å². The minimum absolute atomic E-state index is 0.619. The Kier molecular flexibility index (Phi) is 2.63. The molecule has 4 heteroatoms. The van der Waals surface area contributed by atoms with Crippen molar-refractivity contribution in [3.8, 4) is 0 Å². The molecule has 1 aliphatic rings. The average molecular weight is 209 g/mol. The highest BCUT2D eigenvalue weighted by Gasteiger charge is 2.27. The molecule has 0 aliphatic heterocycles. The van der Waals surface area contributed by atoms with Crippen molar-refractivity contribution in [2.45, 2.75) is 30.7 Å². The summed E-state index contributed by atoms with van der Waals surface area (Å²) < 4.78 is 0. The molecular formula is C10H15N3S. The molecule has 0 unspecified atom stereocenters. The van der Waals surface area contributed by atoms with Crippen LogP contribution in [-0.4, -0.2) is 23.3 Å². The lowest BCUT2D eigenvalue weighted by Gasteiger charge is -2.09. The normalized spacial score (nSPS) is 15.6. The van der Waals surface area contributed by atoms with E-state index < -0.39 is 0 Å². The molecule has 1 aromatic heterocycles. The molecule has 1 saturated carbocycles. The quantitative estimate of drug-likeness (QED) is 0.613. The van der Waals surface area contributed by atoms with Gasteiger partial charge >= 0.3 is 0 Å². The van der Waals surface area contributed by atoms with Crippen LogP contribution in [0.25, 0.3) is 0 Å². The summed E-state index contributed by atoms with van der Waals surface area (Å²) in [5.74, 6) is 2.61. The molecule has 76 valence electrons. The fourth-order valence-electron chi connectivity index (χ4n) is 1.48. The molecule has 1 aromatic rings. The molecule has 1 aliphatic carbocycles. The van der Waals surface area contributed by atoms with Crippen LogP contribution in [-0.2, 0) is 0 Å². The molecule has 0 saturated heterocycles. The van der Waals surface area contributed by atoms with Gasteiger partial charge in [-0.1, -0.05) is 0 Å².